The number of nitrogens with one attached hydrogen (secondary N) is 2. The molecular formula is C19H22N2O3. The summed E-state index contributed by atoms with van der Waals surface area (Å²) in [6, 6.07) is 14.4. The molecule has 2 atom stereocenters. The van der Waals surface area contributed by atoms with Gasteiger partial charge in [-0.2, -0.15) is 0 Å². The van der Waals surface area contributed by atoms with Crippen molar-refractivity contribution in [2.24, 2.45) is 0 Å². The number of phenols is 1. The maximum Gasteiger partial charge on any atom is 0.315 e. The summed E-state index contributed by atoms with van der Waals surface area (Å²) in [5, 5.41) is 25.2. The molecule has 0 radical (unpaired) electrons. The maximum absolute atomic E-state index is 12.3. The SMILES string of the molecule is O=C(NC(CO)Cc1ccccc1)NC1CCc2c(O)cccc21. The van der Waals surface area contributed by atoms with Crippen LogP contribution in [0.15, 0.2) is 48.5 Å². The first-order valence-electron chi connectivity index (χ1n) is 8.20. The Balaban J connectivity index is 1.59. The van der Waals surface area contributed by atoms with E-state index in [1.165, 1.54) is 0 Å². The Morgan fingerprint density at radius 3 is 2.71 bits per heavy atom. The zero-order chi connectivity index (χ0) is 16.9. The summed E-state index contributed by atoms with van der Waals surface area (Å²) < 4.78 is 0. The fourth-order valence-electron chi connectivity index (χ4n) is 3.23. The Labute approximate surface area is 141 Å². The molecule has 1 aliphatic carbocycles. The molecule has 4 N–H and O–H groups in total. The van der Waals surface area contributed by atoms with Crippen molar-refractivity contribution in [2.75, 3.05) is 6.61 Å². The van der Waals surface area contributed by atoms with E-state index >= 15 is 0 Å². The summed E-state index contributed by atoms with van der Waals surface area (Å²) in [4.78, 5) is 12.3. The average molecular weight is 326 g/mol. The normalized spacial score (nSPS) is 17.1. The number of urea groups is 1. The summed E-state index contributed by atoms with van der Waals surface area (Å²) in [5.41, 5.74) is 2.94. The fraction of sp³-hybridized carbons (Fsp3) is 0.316. The molecule has 3 rings (SSSR count). The third kappa shape index (κ3) is 3.68. The highest BCUT2D eigenvalue weighted by atomic mass is 16.3. The molecule has 0 saturated heterocycles. The number of hydrogen-bond donors (Lipinski definition) is 4. The van der Waals surface area contributed by atoms with E-state index in [1.807, 2.05) is 36.4 Å². The first-order valence-corrected chi connectivity index (χ1v) is 8.20. The average Bonchev–Trinajstić information content (AvgIpc) is 2.99. The molecule has 2 aromatic rings. The molecule has 0 spiro atoms. The molecule has 0 aliphatic heterocycles. The number of phenolic OH excluding ortho intramolecular Hbond substituents is 1. The van der Waals surface area contributed by atoms with E-state index in [9.17, 15) is 15.0 Å². The Hall–Kier alpha value is -2.53. The molecule has 0 saturated carbocycles. The van der Waals surface area contributed by atoms with Crippen LogP contribution in [0.5, 0.6) is 5.75 Å². The largest absolute Gasteiger partial charge is 0.508 e. The van der Waals surface area contributed by atoms with E-state index in [0.717, 1.165) is 29.5 Å². The van der Waals surface area contributed by atoms with Gasteiger partial charge in [-0.15, -0.1) is 0 Å². The number of fused-ring (bicyclic) bond motifs is 1. The zero-order valence-corrected chi connectivity index (χ0v) is 13.4. The third-order valence-corrected chi connectivity index (χ3v) is 4.43. The van der Waals surface area contributed by atoms with Crippen molar-refractivity contribution in [3.8, 4) is 5.75 Å². The minimum Gasteiger partial charge on any atom is -0.508 e. The molecule has 0 fully saturated rings. The van der Waals surface area contributed by atoms with Gasteiger partial charge in [0, 0.05) is 0 Å². The smallest absolute Gasteiger partial charge is 0.315 e. The molecule has 1 aliphatic rings. The van der Waals surface area contributed by atoms with Crippen LogP contribution >= 0.6 is 0 Å². The van der Waals surface area contributed by atoms with Gasteiger partial charge in [0.15, 0.2) is 0 Å². The van der Waals surface area contributed by atoms with Crippen LogP contribution < -0.4 is 10.6 Å². The number of aromatic hydroxyl groups is 1. The van der Waals surface area contributed by atoms with Crippen LogP contribution in [0.3, 0.4) is 0 Å². The minimum atomic E-state index is -0.336. The molecule has 2 amide bonds. The summed E-state index contributed by atoms with van der Waals surface area (Å²) in [6.07, 6.45) is 2.09. The van der Waals surface area contributed by atoms with Gasteiger partial charge in [0.05, 0.1) is 18.7 Å². The predicted octanol–water partition coefficient (Wildman–Crippen LogP) is 2.28. The Bertz CT molecular complexity index is 703. The third-order valence-electron chi connectivity index (χ3n) is 4.43. The number of aliphatic hydroxyl groups excluding tert-OH is 1. The van der Waals surface area contributed by atoms with Crippen LogP contribution in [0.25, 0.3) is 0 Å². The van der Waals surface area contributed by atoms with Crippen molar-refractivity contribution < 1.29 is 15.0 Å². The number of benzene rings is 2. The second kappa shape index (κ2) is 7.36. The van der Waals surface area contributed by atoms with Crippen LogP contribution in [-0.4, -0.2) is 28.9 Å². The summed E-state index contributed by atoms with van der Waals surface area (Å²) in [7, 11) is 0. The highest BCUT2D eigenvalue weighted by Crippen LogP contribution is 2.36. The van der Waals surface area contributed by atoms with Crippen molar-refractivity contribution in [2.45, 2.75) is 31.3 Å². The van der Waals surface area contributed by atoms with Crippen molar-refractivity contribution >= 4 is 6.03 Å². The molecule has 5 nitrogen and oxygen atoms in total. The Kier molecular flexibility index (Phi) is 5.01. The molecule has 5 heteroatoms. The van der Waals surface area contributed by atoms with Crippen LogP contribution in [-0.2, 0) is 12.8 Å². The number of amides is 2. The lowest BCUT2D eigenvalue weighted by Crippen LogP contribution is -2.45. The van der Waals surface area contributed by atoms with E-state index in [-0.39, 0.29) is 30.5 Å². The topological polar surface area (TPSA) is 81.6 Å². The van der Waals surface area contributed by atoms with Crippen LogP contribution in [0.4, 0.5) is 4.79 Å². The molecular weight excluding hydrogens is 304 g/mol. The quantitative estimate of drug-likeness (QED) is 0.680. The summed E-state index contributed by atoms with van der Waals surface area (Å²) >= 11 is 0. The lowest BCUT2D eigenvalue weighted by molar-refractivity contribution is 0.213. The fourth-order valence-corrected chi connectivity index (χ4v) is 3.23. The van der Waals surface area contributed by atoms with Crippen LogP contribution in [0.2, 0.25) is 0 Å². The Morgan fingerprint density at radius 2 is 1.96 bits per heavy atom. The van der Waals surface area contributed by atoms with E-state index in [2.05, 4.69) is 10.6 Å². The molecule has 24 heavy (non-hydrogen) atoms. The molecule has 0 aromatic heterocycles. The summed E-state index contributed by atoms with van der Waals surface area (Å²) in [5.74, 6) is 0.287. The van der Waals surface area contributed by atoms with Gasteiger partial charge < -0.3 is 20.8 Å². The van der Waals surface area contributed by atoms with Crippen molar-refractivity contribution in [1.29, 1.82) is 0 Å². The molecule has 2 aromatic carbocycles. The van der Waals surface area contributed by atoms with Gasteiger partial charge in [-0.1, -0.05) is 42.5 Å². The molecule has 0 bridgehead atoms. The van der Waals surface area contributed by atoms with Gasteiger partial charge in [0.1, 0.15) is 5.75 Å². The first-order chi connectivity index (χ1) is 11.7. The molecule has 0 heterocycles. The highest BCUT2D eigenvalue weighted by Gasteiger charge is 2.26. The van der Waals surface area contributed by atoms with E-state index < -0.39 is 0 Å². The summed E-state index contributed by atoms with van der Waals surface area (Å²) in [6.45, 7) is -0.121. The first kappa shape index (κ1) is 16.3. The standard InChI is InChI=1S/C19H22N2O3/c22-12-14(11-13-5-2-1-3-6-13)20-19(24)21-17-10-9-16-15(17)7-4-8-18(16)23/h1-8,14,17,22-23H,9-12H2,(H2,20,21,24). The van der Waals surface area contributed by atoms with Crippen molar-refractivity contribution in [3.63, 3.8) is 0 Å². The molecule has 2 unspecified atom stereocenters. The van der Waals surface area contributed by atoms with E-state index in [1.54, 1.807) is 12.1 Å². The van der Waals surface area contributed by atoms with Crippen molar-refractivity contribution in [3.05, 3.63) is 65.2 Å². The predicted molar refractivity (Wildman–Crippen MR) is 91.9 cm³/mol. The lowest BCUT2D eigenvalue weighted by Gasteiger charge is -2.20. The van der Waals surface area contributed by atoms with Gasteiger partial charge in [-0.25, -0.2) is 4.79 Å². The Morgan fingerprint density at radius 1 is 1.17 bits per heavy atom. The van der Waals surface area contributed by atoms with Crippen LogP contribution in [0, 0.1) is 0 Å². The van der Waals surface area contributed by atoms with Crippen LogP contribution in [0.1, 0.15) is 29.2 Å². The van der Waals surface area contributed by atoms with E-state index in [4.69, 9.17) is 0 Å². The minimum absolute atomic E-state index is 0.108. The number of carbonyl (C=O) groups is 1. The van der Waals surface area contributed by atoms with Gasteiger partial charge in [-0.3, -0.25) is 0 Å². The number of hydrogen-bond acceptors (Lipinski definition) is 3. The van der Waals surface area contributed by atoms with Gasteiger partial charge in [0.2, 0.25) is 0 Å². The zero-order valence-electron chi connectivity index (χ0n) is 13.4. The second-order valence-electron chi connectivity index (χ2n) is 6.12. The van der Waals surface area contributed by atoms with Gasteiger partial charge in [-0.05, 0) is 42.0 Å². The van der Waals surface area contributed by atoms with Gasteiger partial charge in [0.25, 0.3) is 0 Å². The van der Waals surface area contributed by atoms with Crippen molar-refractivity contribution in [1.82, 2.24) is 10.6 Å². The van der Waals surface area contributed by atoms with E-state index in [0.29, 0.717) is 6.42 Å². The number of aliphatic hydroxyl groups is 1. The lowest BCUT2D eigenvalue weighted by atomic mass is 10.1. The second-order valence-corrected chi connectivity index (χ2v) is 6.12. The van der Waals surface area contributed by atoms with Gasteiger partial charge >= 0.3 is 6.03 Å². The monoisotopic (exact) mass is 326 g/mol. The molecule has 126 valence electrons. The highest BCUT2D eigenvalue weighted by molar-refractivity contribution is 5.75. The number of rotatable bonds is 5. The number of carbonyl (C=O) groups excluding carboxylic acids is 1. The maximum atomic E-state index is 12.3.